The Morgan fingerprint density at radius 2 is 1.97 bits per heavy atom. The second kappa shape index (κ2) is 8.95. The molecule has 3 heterocycles. The molecule has 5 aromatic rings. The Hall–Kier alpha value is -3.65. The van der Waals surface area contributed by atoms with Crippen molar-refractivity contribution in [2.24, 2.45) is 7.05 Å². The maximum absolute atomic E-state index is 12.6. The molecule has 2 aromatic carbocycles. The van der Waals surface area contributed by atoms with Gasteiger partial charge in [-0.05, 0) is 48.4 Å². The van der Waals surface area contributed by atoms with E-state index in [9.17, 15) is 4.79 Å². The lowest BCUT2D eigenvalue weighted by Gasteiger charge is -2.13. The van der Waals surface area contributed by atoms with Crippen molar-refractivity contribution in [1.82, 2.24) is 19.1 Å². The highest BCUT2D eigenvalue weighted by Gasteiger charge is 2.17. The lowest BCUT2D eigenvalue weighted by Crippen LogP contribution is -2.16. The fourth-order valence-electron chi connectivity index (χ4n) is 4.33. The third-order valence-corrected chi connectivity index (χ3v) is 6.73. The van der Waals surface area contributed by atoms with Gasteiger partial charge in [-0.1, -0.05) is 31.0 Å². The van der Waals surface area contributed by atoms with Gasteiger partial charge in [-0.2, -0.15) is 0 Å². The number of aromatic nitrogens is 4. The van der Waals surface area contributed by atoms with E-state index in [4.69, 9.17) is 9.72 Å². The fraction of sp³-hybridized carbons (Fsp3) is 0.231. The number of aromatic amines is 1. The number of hydrogen-bond donors (Lipinski definition) is 2. The summed E-state index contributed by atoms with van der Waals surface area (Å²) in [4.78, 5) is 20.6. The second-order valence-electron chi connectivity index (χ2n) is 8.25. The first-order valence-corrected chi connectivity index (χ1v) is 12.2. The summed E-state index contributed by atoms with van der Waals surface area (Å²) in [5.74, 6) is 2.71. The molecule has 2 N–H and O–H groups in total. The van der Waals surface area contributed by atoms with Crippen molar-refractivity contribution in [2.45, 2.75) is 20.4 Å². The van der Waals surface area contributed by atoms with E-state index in [0.717, 1.165) is 50.6 Å². The molecular weight excluding hydrogens is 446 g/mol. The van der Waals surface area contributed by atoms with Crippen LogP contribution in [0.4, 0.5) is 5.69 Å². The number of methoxy groups -OCH3 is 1. The normalized spacial score (nSPS) is 11.4. The lowest BCUT2D eigenvalue weighted by atomic mass is 10.0. The number of pyridine rings is 1. The Balaban J connectivity index is 1.71. The average molecular weight is 474 g/mol. The zero-order valence-electron chi connectivity index (χ0n) is 19.7. The molecule has 8 heteroatoms. The number of nitrogens with zero attached hydrogens (tertiary/aromatic N) is 3. The summed E-state index contributed by atoms with van der Waals surface area (Å²) in [6.45, 7) is 4.85. The Bertz CT molecular complexity index is 1550. The van der Waals surface area contributed by atoms with Crippen molar-refractivity contribution in [3.05, 3.63) is 76.6 Å². The van der Waals surface area contributed by atoms with Crippen molar-refractivity contribution in [3.8, 4) is 16.9 Å². The molecule has 5 rings (SSSR count). The van der Waals surface area contributed by atoms with Crippen molar-refractivity contribution < 1.29 is 4.74 Å². The fourth-order valence-corrected chi connectivity index (χ4v) is 4.79. The van der Waals surface area contributed by atoms with E-state index in [1.165, 1.54) is 5.56 Å². The smallest absolute Gasteiger partial charge is 0.274 e. The van der Waals surface area contributed by atoms with Crippen LogP contribution in [0.25, 0.3) is 33.1 Å². The van der Waals surface area contributed by atoms with Crippen LogP contribution in [0.5, 0.6) is 5.75 Å². The van der Waals surface area contributed by atoms with Gasteiger partial charge >= 0.3 is 0 Å². The predicted octanol–water partition coefficient (Wildman–Crippen LogP) is 5.33. The number of benzene rings is 2. The van der Waals surface area contributed by atoms with E-state index in [0.29, 0.717) is 12.1 Å². The van der Waals surface area contributed by atoms with Gasteiger partial charge < -0.3 is 23.6 Å². The molecule has 0 unspecified atom stereocenters. The Morgan fingerprint density at radius 1 is 1.18 bits per heavy atom. The average Bonchev–Trinajstić information content (AvgIpc) is 3.46. The van der Waals surface area contributed by atoms with E-state index in [1.54, 1.807) is 30.7 Å². The van der Waals surface area contributed by atoms with E-state index in [2.05, 4.69) is 45.5 Å². The van der Waals surface area contributed by atoms with Crippen molar-refractivity contribution >= 4 is 39.6 Å². The van der Waals surface area contributed by atoms with Gasteiger partial charge in [0.15, 0.2) is 0 Å². The molecule has 0 fully saturated rings. The number of ether oxygens (including phenoxy) is 1. The van der Waals surface area contributed by atoms with Crippen LogP contribution in [0.3, 0.4) is 0 Å². The highest BCUT2D eigenvalue weighted by molar-refractivity contribution is 8.00. The number of imidazole rings is 1. The highest BCUT2D eigenvalue weighted by Crippen LogP contribution is 2.35. The van der Waals surface area contributed by atoms with Gasteiger partial charge in [0.2, 0.25) is 0 Å². The predicted molar refractivity (Wildman–Crippen MR) is 141 cm³/mol. The number of rotatable bonds is 7. The zero-order valence-corrected chi connectivity index (χ0v) is 20.5. The zero-order chi connectivity index (χ0) is 23.8. The van der Waals surface area contributed by atoms with Crippen molar-refractivity contribution in [3.63, 3.8) is 0 Å². The maximum atomic E-state index is 12.6. The Labute approximate surface area is 201 Å². The second-order valence-corrected chi connectivity index (χ2v) is 9.32. The molecule has 0 radical (unpaired) electrons. The summed E-state index contributed by atoms with van der Waals surface area (Å²) < 4.78 is 12.7. The largest absolute Gasteiger partial charge is 0.497 e. The molecule has 0 saturated carbocycles. The molecule has 0 aliphatic heterocycles. The molecule has 0 amide bonds. The number of anilines is 1. The van der Waals surface area contributed by atoms with Gasteiger partial charge in [0, 0.05) is 42.7 Å². The maximum Gasteiger partial charge on any atom is 0.274 e. The summed E-state index contributed by atoms with van der Waals surface area (Å²) in [6.07, 6.45) is 3.73. The van der Waals surface area contributed by atoms with Crippen LogP contribution in [-0.4, -0.2) is 32.0 Å². The first kappa shape index (κ1) is 22.2. The molecule has 7 nitrogen and oxygen atoms in total. The SMILES string of the molecule is CCSNc1cc(-c2cn(C)c(=O)c3[nH]ccc23)cc2c1nc(C)n2Cc1ccc(OC)cc1. The molecule has 3 aromatic heterocycles. The molecule has 0 bridgehead atoms. The van der Waals surface area contributed by atoms with E-state index < -0.39 is 0 Å². The number of fused-ring (bicyclic) bond motifs is 2. The molecule has 0 atom stereocenters. The van der Waals surface area contributed by atoms with Gasteiger partial charge in [0.05, 0.1) is 18.3 Å². The van der Waals surface area contributed by atoms with Crippen LogP contribution in [-0.2, 0) is 13.6 Å². The van der Waals surface area contributed by atoms with Crippen LogP contribution >= 0.6 is 11.9 Å². The first-order valence-electron chi connectivity index (χ1n) is 11.2. The summed E-state index contributed by atoms with van der Waals surface area (Å²) >= 11 is 1.64. The minimum atomic E-state index is -0.0369. The molecule has 0 aliphatic rings. The molecule has 0 saturated heterocycles. The van der Waals surface area contributed by atoms with Crippen molar-refractivity contribution in [2.75, 3.05) is 17.6 Å². The molecule has 0 aliphatic carbocycles. The first-order chi connectivity index (χ1) is 16.5. The van der Waals surface area contributed by atoms with Crippen LogP contribution < -0.4 is 15.0 Å². The number of H-pyrrole nitrogens is 1. The quantitative estimate of drug-likeness (QED) is 0.313. The molecule has 34 heavy (non-hydrogen) atoms. The minimum Gasteiger partial charge on any atom is -0.497 e. The van der Waals surface area contributed by atoms with Crippen molar-refractivity contribution in [1.29, 1.82) is 0 Å². The number of aryl methyl sites for hydroxylation is 2. The number of nitrogens with one attached hydrogen (secondary N) is 2. The van der Waals surface area contributed by atoms with Gasteiger partial charge in [-0.25, -0.2) is 4.98 Å². The highest BCUT2D eigenvalue weighted by atomic mass is 32.2. The van der Waals surface area contributed by atoms with Gasteiger partial charge in [-0.3, -0.25) is 4.79 Å². The van der Waals surface area contributed by atoms with Gasteiger partial charge in [0.25, 0.3) is 5.56 Å². The third kappa shape index (κ3) is 3.84. The molecular formula is C26H27N5O2S. The Morgan fingerprint density at radius 3 is 2.71 bits per heavy atom. The third-order valence-electron chi connectivity index (χ3n) is 6.08. The summed E-state index contributed by atoms with van der Waals surface area (Å²) in [6, 6.07) is 14.4. The van der Waals surface area contributed by atoms with Crippen LogP contribution in [0, 0.1) is 6.92 Å². The van der Waals surface area contributed by atoms with Gasteiger partial charge in [0.1, 0.15) is 22.6 Å². The van der Waals surface area contributed by atoms with Gasteiger partial charge in [-0.15, -0.1) is 0 Å². The Kier molecular flexibility index (Phi) is 5.83. The summed E-state index contributed by atoms with van der Waals surface area (Å²) in [7, 11) is 3.46. The molecule has 0 spiro atoms. The molecule has 174 valence electrons. The van der Waals surface area contributed by atoms with Crippen LogP contribution in [0.15, 0.2) is 59.7 Å². The summed E-state index contributed by atoms with van der Waals surface area (Å²) in [5.41, 5.74) is 6.72. The van der Waals surface area contributed by atoms with E-state index >= 15 is 0 Å². The van der Waals surface area contributed by atoms with Crippen LogP contribution in [0.1, 0.15) is 18.3 Å². The lowest BCUT2D eigenvalue weighted by molar-refractivity contribution is 0.414. The number of hydrogen-bond acceptors (Lipinski definition) is 5. The monoisotopic (exact) mass is 473 g/mol. The summed E-state index contributed by atoms with van der Waals surface area (Å²) in [5, 5.41) is 0.912. The topological polar surface area (TPSA) is 76.9 Å². The standard InChI is InChI=1S/C26H27N5O2S/c1-5-34-29-22-12-18(21-15-30(3)26(32)24-20(21)10-11-27-24)13-23-25(22)28-16(2)31(23)14-17-6-8-19(33-4)9-7-17/h6-13,15,27,29H,5,14H2,1-4H3. The van der Waals surface area contributed by atoms with Crippen LogP contribution in [0.2, 0.25) is 0 Å². The van der Waals surface area contributed by atoms with E-state index in [-0.39, 0.29) is 5.56 Å². The van der Waals surface area contributed by atoms with E-state index in [1.807, 2.05) is 37.5 Å². The minimum absolute atomic E-state index is 0.0369.